The van der Waals surface area contributed by atoms with E-state index < -0.39 is 37.5 Å². The molecule has 3 rings (SSSR count). The summed E-state index contributed by atoms with van der Waals surface area (Å²) in [5, 5.41) is 27.6. The Morgan fingerprint density at radius 1 is 1.14 bits per heavy atom. The van der Waals surface area contributed by atoms with Crippen LogP contribution in [0.1, 0.15) is 22.6 Å². The molecule has 12 heteroatoms. The number of rotatable bonds is 2. The van der Waals surface area contributed by atoms with E-state index in [-0.39, 0.29) is 10.8 Å². The number of hydrogen-bond acceptors (Lipinski definition) is 7. The molecule has 6 N–H and O–H groups in total. The summed E-state index contributed by atoms with van der Waals surface area (Å²) in [6.45, 7) is 1.02. The lowest BCUT2D eigenvalue weighted by Gasteiger charge is -2.19. The minimum atomic E-state index is -3.79. The Bertz CT molecular complexity index is 1090. The fourth-order valence-corrected chi connectivity index (χ4v) is 3.52. The highest BCUT2D eigenvalue weighted by atomic mass is 32.2. The molecule has 1 heterocycles. The van der Waals surface area contributed by atoms with E-state index in [1.54, 1.807) is 12.1 Å². The van der Waals surface area contributed by atoms with Crippen molar-refractivity contribution < 1.29 is 36.0 Å². The number of benzene rings is 2. The second-order valence-corrected chi connectivity index (χ2v) is 9.51. The number of phenols is 2. The van der Waals surface area contributed by atoms with Gasteiger partial charge >= 0.3 is 0 Å². The lowest BCUT2D eigenvalue weighted by Crippen LogP contribution is -2.21. The van der Waals surface area contributed by atoms with Gasteiger partial charge in [0.1, 0.15) is 0 Å². The molecule has 1 aliphatic heterocycles. The van der Waals surface area contributed by atoms with Crippen LogP contribution >= 0.6 is 0 Å². The van der Waals surface area contributed by atoms with Gasteiger partial charge in [0, 0.05) is 12.5 Å². The molecule has 1 atom stereocenters. The summed E-state index contributed by atoms with van der Waals surface area (Å²) in [6.07, 6.45) is 1.09. The molecule has 1 unspecified atom stereocenters. The lowest BCUT2D eigenvalue weighted by molar-refractivity contribution is 0.375. The molecule has 0 saturated heterocycles. The molecule has 0 spiro atoms. The predicted molar refractivity (Wildman–Crippen MR) is 103 cm³/mol. The Morgan fingerprint density at radius 3 is 2.21 bits per heavy atom. The number of fused-ring (bicyclic) bond motifs is 1. The number of nitrogens with one attached hydrogen (secondary N) is 1. The van der Waals surface area contributed by atoms with Crippen molar-refractivity contribution in [3.8, 4) is 11.5 Å². The average molecular weight is 448 g/mol. The van der Waals surface area contributed by atoms with E-state index in [9.17, 15) is 31.4 Å². The monoisotopic (exact) mass is 448 g/mol. The van der Waals surface area contributed by atoms with Crippen LogP contribution in [0.4, 0.5) is 4.39 Å². The van der Waals surface area contributed by atoms with E-state index in [1.807, 2.05) is 0 Å². The SMILES string of the molecule is CS(=O)(=O)O.NS(=O)(=O)c1ccc(C2CNCCc3c2cc(O)c(O)c3F)cc1. The van der Waals surface area contributed by atoms with Crippen molar-refractivity contribution in [2.24, 2.45) is 5.14 Å². The summed E-state index contributed by atoms with van der Waals surface area (Å²) < 4.78 is 62.9. The quantitative estimate of drug-likeness (QED) is 0.330. The predicted octanol–water partition coefficient (Wildman–Crippen LogP) is 0.666. The van der Waals surface area contributed by atoms with Gasteiger partial charge in [0.25, 0.3) is 10.1 Å². The molecule has 0 radical (unpaired) electrons. The Kier molecular flexibility index (Phi) is 6.86. The molecule has 0 fully saturated rings. The summed E-state index contributed by atoms with van der Waals surface area (Å²) in [7, 11) is -7.45. The summed E-state index contributed by atoms with van der Waals surface area (Å²) in [6, 6.07) is 7.38. The number of nitrogens with two attached hydrogens (primary N) is 1. The Morgan fingerprint density at radius 2 is 1.69 bits per heavy atom. The van der Waals surface area contributed by atoms with Crippen LogP contribution in [0.25, 0.3) is 0 Å². The second kappa shape index (κ2) is 8.63. The zero-order chi connectivity index (χ0) is 22.0. The molecule has 160 valence electrons. The van der Waals surface area contributed by atoms with Gasteiger partial charge in [-0.2, -0.15) is 8.42 Å². The topological polar surface area (TPSA) is 167 Å². The summed E-state index contributed by atoms with van der Waals surface area (Å²) >= 11 is 0. The molecule has 2 aromatic carbocycles. The van der Waals surface area contributed by atoms with Crippen LogP contribution < -0.4 is 10.5 Å². The molecule has 0 amide bonds. The summed E-state index contributed by atoms with van der Waals surface area (Å²) in [5.41, 5.74) is 1.66. The Labute approximate surface area is 167 Å². The van der Waals surface area contributed by atoms with Gasteiger partial charge in [-0.3, -0.25) is 4.55 Å². The maximum absolute atomic E-state index is 14.3. The van der Waals surface area contributed by atoms with Crippen LogP contribution in [-0.4, -0.2) is 50.9 Å². The second-order valence-electron chi connectivity index (χ2n) is 6.48. The first-order valence-electron chi connectivity index (χ1n) is 8.28. The third-order valence-corrected chi connectivity index (χ3v) is 5.17. The molecule has 0 saturated carbocycles. The van der Waals surface area contributed by atoms with E-state index in [4.69, 9.17) is 9.69 Å². The molecule has 29 heavy (non-hydrogen) atoms. The highest BCUT2D eigenvalue weighted by Crippen LogP contribution is 2.39. The van der Waals surface area contributed by atoms with Gasteiger partial charge in [0.05, 0.1) is 11.2 Å². The van der Waals surface area contributed by atoms with E-state index in [2.05, 4.69) is 5.32 Å². The third kappa shape index (κ3) is 6.11. The minimum absolute atomic E-state index is 0.00668. The highest BCUT2D eigenvalue weighted by molar-refractivity contribution is 7.89. The molecule has 1 aliphatic rings. The van der Waals surface area contributed by atoms with Gasteiger partial charge < -0.3 is 15.5 Å². The van der Waals surface area contributed by atoms with E-state index in [0.29, 0.717) is 36.9 Å². The van der Waals surface area contributed by atoms with Crippen molar-refractivity contribution in [3.63, 3.8) is 0 Å². The van der Waals surface area contributed by atoms with Crippen LogP contribution in [0, 0.1) is 5.82 Å². The fourth-order valence-electron chi connectivity index (χ4n) is 3.01. The van der Waals surface area contributed by atoms with Gasteiger partial charge in [-0.05, 0) is 47.9 Å². The molecular formula is C17H21FN2O7S2. The van der Waals surface area contributed by atoms with Crippen LogP contribution in [-0.2, 0) is 26.6 Å². The van der Waals surface area contributed by atoms with Crippen molar-refractivity contribution in [2.75, 3.05) is 19.3 Å². The van der Waals surface area contributed by atoms with Gasteiger partial charge in [-0.25, -0.2) is 17.9 Å². The van der Waals surface area contributed by atoms with E-state index in [1.165, 1.54) is 18.2 Å². The van der Waals surface area contributed by atoms with Gasteiger partial charge in [0.2, 0.25) is 10.0 Å². The Hall–Kier alpha value is -2.25. The summed E-state index contributed by atoms with van der Waals surface area (Å²) in [4.78, 5) is -0.00668. The minimum Gasteiger partial charge on any atom is -0.504 e. The zero-order valence-electron chi connectivity index (χ0n) is 15.3. The van der Waals surface area contributed by atoms with Crippen LogP contribution in [0.15, 0.2) is 35.2 Å². The van der Waals surface area contributed by atoms with Crippen LogP contribution in [0.2, 0.25) is 0 Å². The van der Waals surface area contributed by atoms with Crippen molar-refractivity contribution in [1.29, 1.82) is 0 Å². The number of hydrogen-bond donors (Lipinski definition) is 5. The largest absolute Gasteiger partial charge is 0.504 e. The van der Waals surface area contributed by atoms with E-state index >= 15 is 0 Å². The molecule has 0 aliphatic carbocycles. The van der Waals surface area contributed by atoms with Crippen molar-refractivity contribution in [1.82, 2.24) is 5.32 Å². The Balaban J connectivity index is 0.000000537. The molecule has 0 bridgehead atoms. The zero-order valence-corrected chi connectivity index (χ0v) is 17.0. The fraction of sp³-hybridized carbons (Fsp3) is 0.294. The standard InChI is InChI=1S/C16H17FN2O4S.CH4O3S/c17-15-11-5-6-19-8-13(12(11)7-14(20)16(15)21)9-1-3-10(4-2-9)24(18,22)23;1-5(2,3)4/h1-4,7,13,19-21H,5-6,8H2,(H2,18,22,23);1H3,(H,2,3,4). The molecule has 9 nitrogen and oxygen atoms in total. The number of sulfonamides is 1. The molecule has 2 aromatic rings. The lowest BCUT2D eigenvalue weighted by atomic mass is 9.87. The van der Waals surface area contributed by atoms with Crippen molar-refractivity contribution >= 4 is 20.1 Å². The first-order chi connectivity index (χ1) is 13.3. The first-order valence-corrected chi connectivity index (χ1v) is 11.7. The number of aromatic hydroxyl groups is 2. The van der Waals surface area contributed by atoms with Gasteiger partial charge in [-0.1, -0.05) is 12.1 Å². The average Bonchev–Trinajstić information content (AvgIpc) is 2.80. The smallest absolute Gasteiger partial charge is 0.261 e. The summed E-state index contributed by atoms with van der Waals surface area (Å²) in [5.74, 6) is -2.38. The highest BCUT2D eigenvalue weighted by Gasteiger charge is 2.26. The molecular weight excluding hydrogens is 427 g/mol. The van der Waals surface area contributed by atoms with E-state index in [0.717, 1.165) is 5.56 Å². The van der Waals surface area contributed by atoms with Gasteiger partial charge in [-0.15, -0.1) is 0 Å². The first kappa shape index (κ1) is 23.0. The molecule has 0 aromatic heterocycles. The third-order valence-electron chi connectivity index (χ3n) is 4.24. The number of phenolic OH excluding ortho intramolecular Hbond substituents is 2. The number of primary sulfonamides is 1. The number of halogens is 1. The van der Waals surface area contributed by atoms with Crippen LogP contribution in [0.5, 0.6) is 11.5 Å². The maximum atomic E-state index is 14.3. The van der Waals surface area contributed by atoms with Crippen molar-refractivity contribution in [2.45, 2.75) is 17.2 Å². The normalized spacial score (nSPS) is 16.9. The van der Waals surface area contributed by atoms with Crippen molar-refractivity contribution in [3.05, 3.63) is 52.8 Å². The maximum Gasteiger partial charge on any atom is 0.261 e. The van der Waals surface area contributed by atoms with Gasteiger partial charge in [0.15, 0.2) is 17.3 Å². The van der Waals surface area contributed by atoms with Crippen LogP contribution in [0.3, 0.4) is 0 Å².